The van der Waals surface area contributed by atoms with E-state index in [1.165, 1.54) is 30.7 Å². The van der Waals surface area contributed by atoms with Gasteiger partial charge in [-0.05, 0) is 50.9 Å². The van der Waals surface area contributed by atoms with E-state index in [1.807, 2.05) is 0 Å². The highest BCUT2D eigenvalue weighted by molar-refractivity contribution is 7.71. The average Bonchev–Trinajstić information content (AvgIpc) is 2.51. The molecule has 1 aliphatic carbocycles. The lowest BCUT2D eigenvalue weighted by Crippen LogP contribution is -2.11. The normalized spacial score (nSPS) is 15.5. The Morgan fingerprint density at radius 2 is 2.14 bits per heavy atom. The molecule has 0 fully saturated rings. The predicted octanol–water partition coefficient (Wildman–Crippen LogP) is 1.77. The molecule has 78 valence electrons. The minimum Gasteiger partial charge on any atom is -0.334 e. The lowest BCUT2D eigenvalue weighted by atomic mass is 10.0. The molecular formula is C10H17N3S. The summed E-state index contributed by atoms with van der Waals surface area (Å²) in [4.78, 5) is 3.31. The number of rotatable bonds is 3. The quantitative estimate of drug-likeness (QED) is 0.749. The third kappa shape index (κ3) is 1.77. The van der Waals surface area contributed by atoms with Crippen LogP contribution in [0.25, 0.3) is 0 Å². The number of aryl methyl sites for hydroxylation is 1. The molecule has 0 radical (unpaired) electrons. The minimum absolute atomic E-state index is 0.738. The summed E-state index contributed by atoms with van der Waals surface area (Å²) in [7, 11) is 0. The first-order valence-electron chi connectivity index (χ1n) is 5.33. The average molecular weight is 211 g/mol. The van der Waals surface area contributed by atoms with Gasteiger partial charge in [-0.1, -0.05) is 0 Å². The van der Waals surface area contributed by atoms with Crippen LogP contribution in [0, 0.1) is 4.77 Å². The molecule has 1 aromatic heterocycles. The maximum atomic E-state index is 5.51. The third-order valence-corrected chi connectivity index (χ3v) is 3.18. The van der Waals surface area contributed by atoms with Crippen molar-refractivity contribution in [2.75, 3.05) is 6.54 Å². The van der Waals surface area contributed by atoms with E-state index in [1.54, 1.807) is 0 Å². The van der Waals surface area contributed by atoms with Crippen LogP contribution in [0.15, 0.2) is 0 Å². The second-order valence-electron chi connectivity index (χ2n) is 3.86. The van der Waals surface area contributed by atoms with Gasteiger partial charge in [0.05, 0.1) is 0 Å². The van der Waals surface area contributed by atoms with Crippen molar-refractivity contribution in [3.8, 4) is 0 Å². The van der Waals surface area contributed by atoms with Crippen molar-refractivity contribution in [2.24, 2.45) is 5.73 Å². The summed E-state index contributed by atoms with van der Waals surface area (Å²) in [6.45, 7) is 1.71. The van der Waals surface area contributed by atoms with Gasteiger partial charge in [-0.25, -0.2) is 0 Å². The smallest absolute Gasteiger partial charge is 0.177 e. The van der Waals surface area contributed by atoms with Crippen LogP contribution in [0.4, 0.5) is 0 Å². The zero-order valence-corrected chi connectivity index (χ0v) is 9.20. The highest BCUT2D eigenvalue weighted by Crippen LogP contribution is 2.20. The monoisotopic (exact) mass is 211 g/mol. The number of imidazole rings is 1. The molecule has 0 saturated carbocycles. The van der Waals surface area contributed by atoms with E-state index in [2.05, 4.69) is 9.55 Å². The van der Waals surface area contributed by atoms with Crippen LogP contribution in [0.5, 0.6) is 0 Å². The molecule has 0 saturated heterocycles. The number of hydrogen-bond acceptors (Lipinski definition) is 2. The maximum absolute atomic E-state index is 5.51. The van der Waals surface area contributed by atoms with Crippen molar-refractivity contribution < 1.29 is 0 Å². The SMILES string of the molecule is NCCCn1c2c([nH]c1=S)CCCC2. The van der Waals surface area contributed by atoms with Crippen LogP contribution < -0.4 is 5.73 Å². The Hall–Kier alpha value is -0.610. The molecule has 14 heavy (non-hydrogen) atoms. The van der Waals surface area contributed by atoms with Gasteiger partial charge in [0.25, 0.3) is 0 Å². The molecule has 3 N–H and O–H groups in total. The highest BCUT2D eigenvalue weighted by Gasteiger charge is 2.15. The first kappa shape index (κ1) is 9.93. The van der Waals surface area contributed by atoms with Crippen LogP contribution >= 0.6 is 12.2 Å². The zero-order chi connectivity index (χ0) is 9.97. The number of nitrogens with one attached hydrogen (secondary N) is 1. The Morgan fingerprint density at radius 3 is 2.93 bits per heavy atom. The van der Waals surface area contributed by atoms with Crippen LogP contribution in [0.2, 0.25) is 0 Å². The van der Waals surface area contributed by atoms with Crippen molar-refractivity contribution in [1.29, 1.82) is 0 Å². The molecule has 0 aliphatic heterocycles. The molecule has 1 aliphatic rings. The number of hydrogen-bond donors (Lipinski definition) is 2. The summed E-state index contributed by atoms with van der Waals surface area (Å²) in [6, 6.07) is 0. The van der Waals surface area contributed by atoms with Gasteiger partial charge in [-0.3, -0.25) is 0 Å². The van der Waals surface area contributed by atoms with Gasteiger partial charge in [0, 0.05) is 17.9 Å². The highest BCUT2D eigenvalue weighted by atomic mass is 32.1. The largest absolute Gasteiger partial charge is 0.334 e. The molecule has 0 atom stereocenters. The second-order valence-corrected chi connectivity index (χ2v) is 4.24. The van der Waals surface area contributed by atoms with E-state index in [4.69, 9.17) is 18.0 Å². The Kier molecular flexibility index (Phi) is 3.03. The Balaban J connectivity index is 2.28. The summed E-state index contributed by atoms with van der Waals surface area (Å²) >= 11 is 5.30. The lowest BCUT2D eigenvalue weighted by molar-refractivity contribution is 0.582. The van der Waals surface area contributed by atoms with Crippen LogP contribution in [0.1, 0.15) is 30.7 Å². The molecule has 0 aromatic carbocycles. The molecule has 0 bridgehead atoms. The standard InChI is InChI=1S/C10H17N3S/c11-6-3-7-13-9-5-2-1-4-8(9)12-10(13)14/h1-7,11H2,(H,12,14). The molecule has 4 heteroatoms. The number of aromatic amines is 1. The van der Waals surface area contributed by atoms with Gasteiger partial charge < -0.3 is 15.3 Å². The Bertz CT molecular complexity index is 364. The molecular weight excluding hydrogens is 194 g/mol. The number of aromatic nitrogens is 2. The van der Waals surface area contributed by atoms with Gasteiger partial charge in [0.2, 0.25) is 0 Å². The van der Waals surface area contributed by atoms with Crippen molar-refractivity contribution in [1.82, 2.24) is 9.55 Å². The number of fused-ring (bicyclic) bond motifs is 1. The van der Waals surface area contributed by atoms with Crippen LogP contribution in [-0.2, 0) is 19.4 Å². The summed E-state index contributed by atoms with van der Waals surface area (Å²) in [5, 5.41) is 0. The van der Waals surface area contributed by atoms with E-state index in [9.17, 15) is 0 Å². The van der Waals surface area contributed by atoms with Gasteiger partial charge in [0.15, 0.2) is 4.77 Å². The van der Waals surface area contributed by atoms with E-state index in [0.29, 0.717) is 0 Å². The molecule has 0 unspecified atom stereocenters. The number of H-pyrrole nitrogens is 1. The summed E-state index contributed by atoms with van der Waals surface area (Å²) in [6.07, 6.45) is 5.93. The van der Waals surface area contributed by atoms with E-state index < -0.39 is 0 Å². The van der Waals surface area contributed by atoms with E-state index >= 15 is 0 Å². The molecule has 0 amide bonds. The molecule has 2 rings (SSSR count). The molecule has 0 spiro atoms. The lowest BCUT2D eigenvalue weighted by Gasteiger charge is -2.13. The third-order valence-electron chi connectivity index (χ3n) is 2.85. The van der Waals surface area contributed by atoms with E-state index in [0.717, 1.165) is 30.7 Å². The van der Waals surface area contributed by atoms with Crippen LogP contribution in [0.3, 0.4) is 0 Å². The van der Waals surface area contributed by atoms with Crippen LogP contribution in [-0.4, -0.2) is 16.1 Å². The maximum Gasteiger partial charge on any atom is 0.177 e. The van der Waals surface area contributed by atoms with Gasteiger partial charge in [-0.15, -0.1) is 0 Å². The zero-order valence-electron chi connectivity index (χ0n) is 8.38. The Labute approximate surface area is 89.3 Å². The number of nitrogens with two attached hydrogens (primary N) is 1. The van der Waals surface area contributed by atoms with Gasteiger partial charge >= 0.3 is 0 Å². The van der Waals surface area contributed by atoms with Crippen molar-refractivity contribution in [3.63, 3.8) is 0 Å². The number of nitrogens with zero attached hydrogens (tertiary/aromatic N) is 1. The summed E-state index contributed by atoms with van der Waals surface area (Å²) in [5.74, 6) is 0. The summed E-state index contributed by atoms with van der Waals surface area (Å²) < 4.78 is 3.11. The fourth-order valence-corrected chi connectivity index (χ4v) is 2.45. The molecule has 3 nitrogen and oxygen atoms in total. The summed E-state index contributed by atoms with van der Waals surface area (Å²) in [5.41, 5.74) is 8.30. The topological polar surface area (TPSA) is 46.7 Å². The van der Waals surface area contributed by atoms with Gasteiger partial charge in [-0.2, -0.15) is 0 Å². The fourth-order valence-electron chi connectivity index (χ4n) is 2.13. The minimum atomic E-state index is 0.738. The molecule has 1 heterocycles. The van der Waals surface area contributed by atoms with Crippen molar-refractivity contribution in [2.45, 2.75) is 38.6 Å². The first-order valence-corrected chi connectivity index (χ1v) is 5.74. The van der Waals surface area contributed by atoms with Gasteiger partial charge in [0.1, 0.15) is 0 Å². The van der Waals surface area contributed by atoms with E-state index in [-0.39, 0.29) is 0 Å². The van der Waals surface area contributed by atoms with Crippen molar-refractivity contribution in [3.05, 3.63) is 16.2 Å². The predicted molar refractivity (Wildman–Crippen MR) is 59.9 cm³/mol. The Morgan fingerprint density at radius 1 is 1.36 bits per heavy atom. The van der Waals surface area contributed by atoms with Crippen molar-refractivity contribution >= 4 is 12.2 Å². The fraction of sp³-hybridized carbons (Fsp3) is 0.700. The second kappa shape index (κ2) is 4.28. The first-order chi connectivity index (χ1) is 6.83. The molecule has 1 aromatic rings.